The van der Waals surface area contributed by atoms with E-state index < -0.39 is 0 Å². The van der Waals surface area contributed by atoms with Crippen molar-refractivity contribution < 1.29 is 4.74 Å². The smallest absolute Gasteiger partial charge is 0.113 e. The number of nitrogens with one attached hydrogen (secondary N) is 1. The molecule has 15 heavy (non-hydrogen) atoms. The second-order valence-electron chi connectivity index (χ2n) is 4.58. The first-order valence-electron chi connectivity index (χ1n) is 5.21. The molecule has 1 saturated heterocycles. The van der Waals surface area contributed by atoms with Crippen LogP contribution < -0.4 is 5.32 Å². The lowest BCUT2D eigenvalue weighted by atomic mass is 10.1. The van der Waals surface area contributed by atoms with Gasteiger partial charge in [-0.1, -0.05) is 23.7 Å². The summed E-state index contributed by atoms with van der Waals surface area (Å²) in [7, 11) is 0. The van der Waals surface area contributed by atoms with Crippen LogP contribution in [0.5, 0.6) is 0 Å². The van der Waals surface area contributed by atoms with E-state index in [0.717, 1.165) is 18.0 Å². The molecule has 1 aromatic carbocycles. The van der Waals surface area contributed by atoms with Crippen LogP contribution in [0.4, 0.5) is 0 Å². The van der Waals surface area contributed by atoms with E-state index in [4.69, 9.17) is 16.3 Å². The van der Waals surface area contributed by atoms with Gasteiger partial charge in [-0.2, -0.15) is 0 Å². The molecule has 0 saturated carbocycles. The molecule has 1 N–H and O–H groups in total. The molecular formula is C12H16ClNO. The molecule has 0 radical (unpaired) electrons. The van der Waals surface area contributed by atoms with Gasteiger partial charge in [0.05, 0.1) is 5.60 Å². The average molecular weight is 226 g/mol. The summed E-state index contributed by atoms with van der Waals surface area (Å²) in [5.74, 6) is 0. The van der Waals surface area contributed by atoms with E-state index in [-0.39, 0.29) is 11.8 Å². The molecule has 2 rings (SSSR count). The van der Waals surface area contributed by atoms with Crippen molar-refractivity contribution in [2.24, 2.45) is 0 Å². The van der Waals surface area contributed by atoms with Gasteiger partial charge in [-0.3, -0.25) is 5.32 Å². The van der Waals surface area contributed by atoms with Gasteiger partial charge in [-0.15, -0.1) is 0 Å². The number of rotatable bonds is 2. The van der Waals surface area contributed by atoms with Crippen LogP contribution in [0, 0.1) is 0 Å². The summed E-state index contributed by atoms with van der Waals surface area (Å²) < 4.78 is 5.84. The van der Waals surface area contributed by atoms with Crippen molar-refractivity contribution in [2.45, 2.75) is 32.1 Å². The van der Waals surface area contributed by atoms with Crippen molar-refractivity contribution in [3.05, 3.63) is 34.9 Å². The monoisotopic (exact) mass is 225 g/mol. The minimum Gasteiger partial charge on any atom is -0.356 e. The second-order valence-corrected chi connectivity index (χ2v) is 5.01. The second kappa shape index (κ2) is 4.12. The first-order valence-corrected chi connectivity index (χ1v) is 5.59. The minimum absolute atomic E-state index is 0.0446. The van der Waals surface area contributed by atoms with E-state index in [2.05, 4.69) is 19.2 Å². The Morgan fingerprint density at radius 3 is 2.60 bits per heavy atom. The molecule has 0 aromatic heterocycles. The first-order chi connectivity index (χ1) is 7.05. The van der Waals surface area contributed by atoms with Crippen LogP contribution in [0.25, 0.3) is 0 Å². The standard InChI is InChI=1S/C12H16ClNO/c1-12(2)8-14-11(15-12)7-9-3-5-10(13)6-4-9/h3-6,11,14H,7-8H2,1-2H3. The quantitative estimate of drug-likeness (QED) is 0.836. The third-order valence-electron chi connectivity index (χ3n) is 2.55. The summed E-state index contributed by atoms with van der Waals surface area (Å²) in [5.41, 5.74) is 1.20. The van der Waals surface area contributed by atoms with Crippen molar-refractivity contribution in [1.29, 1.82) is 0 Å². The summed E-state index contributed by atoms with van der Waals surface area (Å²) >= 11 is 5.83. The summed E-state index contributed by atoms with van der Waals surface area (Å²) in [6, 6.07) is 7.91. The highest BCUT2D eigenvalue weighted by molar-refractivity contribution is 6.30. The van der Waals surface area contributed by atoms with Crippen LogP contribution in [0.2, 0.25) is 5.02 Å². The Hall–Kier alpha value is -0.570. The molecule has 82 valence electrons. The predicted molar refractivity (Wildman–Crippen MR) is 62.1 cm³/mol. The van der Waals surface area contributed by atoms with Crippen LogP contribution in [0.1, 0.15) is 19.4 Å². The van der Waals surface area contributed by atoms with Crippen LogP contribution in [0.3, 0.4) is 0 Å². The predicted octanol–water partition coefficient (Wildman–Crippen LogP) is 2.61. The Labute approximate surface area is 95.6 Å². The van der Waals surface area contributed by atoms with Crippen LogP contribution in [-0.4, -0.2) is 18.4 Å². The summed E-state index contributed by atoms with van der Waals surface area (Å²) in [6.07, 6.45) is 1.02. The normalized spacial score (nSPS) is 24.3. The number of halogens is 1. The van der Waals surface area contributed by atoms with Gasteiger partial charge in [0.2, 0.25) is 0 Å². The number of hydrogen-bond acceptors (Lipinski definition) is 2. The topological polar surface area (TPSA) is 21.3 Å². The Balaban J connectivity index is 1.96. The Morgan fingerprint density at radius 1 is 1.40 bits per heavy atom. The van der Waals surface area contributed by atoms with Crippen LogP contribution in [0.15, 0.2) is 24.3 Å². The first kappa shape index (κ1) is 10.9. The average Bonchev–Trinajstić information content (AvgIpc) is 2.50. The number of ether oxygens (including phenoxy) is 1. The van der Waals surface area contributed by atoms with Crippen LogP contribution in [-0.2, 0) is 11.2 Å². The molecule has 1 aromatic rings. The fourth-order valence-electron chi connectivity index (χ4n) is 1.78. The van der Waals surface area contributed by atoms with Gasteiger partial charge in [0.1, 0.15) is 6.23 Å². The zero-order valence-corrected chi connectivity index (χ0v) is 9.84. The van der Waals surface area contributed by atoms with Gasteiger partial charge in [-0.25, -0.2) is 0 Å². The highest BCUT2D eigenvalue weighted by Crippen LogP contribution is 2.20. The van der Waals surface area contributed by atoms with E-state index >= 15 is 0 Å². The fourth-order valence-corrected chi connectivity index (χ4v) is 1.90. The van der Waals surface area contributed by atoms with E-state index in [9.17, 15) is 0 Å². The molecular weight excluding hydrogens is 210 g/mol. The molecule has 0 aliphatic carbocycles. The van der Waals surface area contributed by atoms with E-state index in [1.807, 2.05) is 24.3 Å². The Kier molecular flexibility index (Phi) is 3.01. The lowest BCUT2D eigenvalue weighted by molar-refractivity contribution is -0.0136. The molecule has 2 nitrogen and oxygen atoms in total. The Morgan fingerprint density at radius 2 is 2.07 bits per heavy atom. The third-order valence-corrected chi connectivity index (χ3v) is 2.80. The van der Waals surface area contributed by atoms with Gasteiger partial charge in [0, 0.05) is 18.0 Å². The molecule has 1 aliphatic rings. The molecule has 1 unspecified atom stereocenters. The third kappa shape index (κ3) is 2.94. The van der Waals surface area contributed by atoms with Crippen molar-refractivity contribution >= 4 is 11.6 Å². The van der Waals surface area contributed by atoms with Crippen molar-refractivity contribution in [2.75, 3.05) is 6.54 Å². The van der Waals surface area contributed by atoms with Crippen molar-refractivity contribution in [1.82, 2.24) is 5.32 Å². The van der Waals surface area contributed by atoms with Gasteiger partial charge >= 0.3 is 0 Å². The summed E-state index contributed by atoms with van der Waals surface area (Å²) in [4.78, 5) is 0. The van der Waals surface area contributed by atoms with Gasteiger partial charge < -0.3 is 4.74 Å². The molecule has 1 atom stereocenters. The zero-order chi connectivity index (χ0) is 10.9. The van der Waals surface area contributed by atoms with E-state index in [1.54, 1.807) is 0 Å². The van der Waals surface area contributed by atoms with E-state index in [1.165, 1.54) is 5.56 Å². The molecule has 1 heterocycles. The van der Waals surface area contributed by atoms with Gasteiger partial charge in [0.25, 0.3) is 0 Å². The van der Waals surface area contributed by atoms with Crippen molar-refractivity contribution in [3.8, 4) is 0 Å². The van der Waals surface area contributed by atoms with Gasteiger partial charge in [-0.05, 0) is 31.5 Å². The maximum absolute atomic E-state index is 5.84. The number of hydrogen-bond donors (Lipinski definition) is 1. The lowest BCUT2D eigenvalue weighted by Gasteiger charge is -2.17. The molecule has 1 aliphatic heterocycles. The van der Waals surface area contributed by atoms with E-state index in [0.29, 0.717) is 0 Å². The molecule has 0 bridgehead atoms. The van der Waals surface area contributed by atoms with Gasteiger partial charge in [0.15, 0.2) is 0 Å². The largest absolute Gasteiger partial charge is 0.356 e. The summed E-state index contributed by atoms with van der Waals surface area (Å²) in [5, 5.41) is 4.13. The maximum Gasteiger partial charge on any atom is 0.113 e. The molecule has 3 heteroatoms. The molecule has 0 amide bonds. The molecule has 0 spiro atoms. The van der Waals surface area contributed by atoms with Crippen molar-refractivity contribution in [3.63, 3.8) is 0 Å². The highest BCUT2D eigenvalue weighted by atomic mass is 35.5. The fraction of sp³-hybridized carbons (Fsp3) is 0.500. The maximum atomic E-state index is 5.84. The summed E-state index contributed by atoms with van der Waals surface area (Å²) in [6.45, 7) is 5.11. The minimum atomic E-state index is -0.0446. The van der Waals surface area contributed by atoms with Crippen LogP contribution >= 0.6 is 11.6 Å². The number of benzene rings is 1. The highest BCUT2D eigenvalue weighted by Gasteiger charge is 2.30. The Bertz CT molecular complexity index is 334. The lowest BCUT2D eigenvalue weighted by Crippen LogP contribution is -2.24. The SMILES string of the molecule is CC1(C)CNC(Cc2ccc(Cl)cc2)O1. The molecule has 1 fully saturated rings. The zero-order valence-electron chi connectivity index (χ0n) is 9.09.